The SMILES string of the molecule is COCCNC(=O)CN1CCC(C(=O)O)(C(C)C)C1. The number of nitrogens with one attached hydrogen (secondary N) is 1. The molecule has 110 valence electrons. The Morgan fingerprint density at radius 1 is 1.47 bits per heavy atom. The number of hydrogen-bond acceptors (Lipinski definition) is 4. The van der Waals surface area contributed by atoms with Crippen LogP contribution in [0, 0.1) is 11.3 Å². The molecule has 0 spiro atoms. The van der Waals surface area contributed by atoms with Crippen molar-refractivity contribution in [3.05, 3.63) is 0 Å². The largest absolute Gasteiger partial charge is 0.481 e. The summed E-state index contributed by atoms with van der Waals surface area (Å²) in [6.45, 7) is 6.17. The van der Waals surface area contributed by atoms with Crippen molar-refractivity contribution in [2.24, 2.45) is 11.3 Å². The van der Waals surface area contributed by atoms with Gasteiger partial charge in [0, 0.05) is 20.2 Å². The Morgan fingerprint density at radius 2 is 2.16 bits per heavy atom. The molecule has 0 aromatic carbocycles. The third-order valence-electron chi connectivity index (χ3n) is 3.91. The molecule has 0 radical (unpaired) electrons. The lowest BCUT2D eigenvalue weighted by molar-refractivity contribution is -0.151. The van der Waals surface area contributed by atoms with Crippen molar-refractivity contribution in [2.75, 3.05) is 39.9 Å². The van der Waals surface area contributed by atoms with Gasteiger partial charge in [-0.15, -0.1) is 0 Å². The van der Waals surface area contributed by atoms with Gasteiger partial charge in [0.15, 0.2) is 0 Å². The van der Waals surface area contributed by atoms with Gasteiger partial charge in [-0.2, -0.15) is 0 Å². The highest BCUT2D eigenvalue weighted by atomic mass is 16.5. The Kier molecular flexibility index (Phi) is 5.75. The number of methoxy groups -OCH3 is 1. The van der Waals surface area contributed by atoms with Crippen molar-refractivity contribution < 1.29 is 19.4 Å². The second kappa shape index (κ2) is 6.86. The number of carboxylic acid groups (broad SMARTS) is 1. The van der Waals surface area contributed by atoms with Gasteiger partial charge in [-0.1, -0.05) is 13.8 Å². The number of likely N-dealkylation sites (tertiary alicyclic amines) is 1. The third-order valence-corrected chi connectivity index (χ3v) is 3.91. The quantitative estimate of drug-likeness (QED) is 0.646. The van der Waals surface area contributed by atoms with Crippen molar-refractivity contribution in [3.8, 4) is 0 Å². The number of rotatable bonds is 7. The second-order valence-corrected chi connectivity index (χ2v) is 5.42. The van der Waals surface area contributed by atoms with Crippen LogP contribution >= 0.6 is 0 Å². The van der Waals surface area contributed by atoms with Gasteiger partial charge in [-0.05, 0) is 18.9 Å². The topological polar surface area (TPSA) is 78.9 Å². The van der Waals surface area contributed by atoms with E-state index in [1.54, 1.807) is 7.11 Å². The fraction of sp³-hybridized carbons (Fsp3) is 0.846. The zero-order chi connectivity index (χ0) is 14.5. The van der Waals surface area contributed by atoms with Crippen LogP contribution in [0.1, 0.15) is 20.3 Å². The summed E-state index contributed by atoms with van der Waals surface area (Å²) in [7, 11) is 1.58. The van der Waals surface area contributed by atoms with Crippen LogP contribution in [-0.4, -0.2) is 61.8 Å². The molecule has 1 rings (SSSR count). The lowest BCUT2D eigenvalue weighted by Gasteiger charge is -2.28. The minimum atomic E-state index is -0.759. The van der Waals surface area contributed by atoms with Crippen LogP contribution in [0.3, 0.4) is 0 Å². The van der Waals surface area contributed by atoms with E-state index in [9.17, 15) is 14.7 Å². The van der Waals surface area contributed by atoms with Gasteiger partial charge in [-0.25, -0.2) is 0 Å². The fourth-order valence-corrected chi connectivity index (χ4v) is 2.49. The summed E-state index contributed by atoms with van der Waals surface area (Å²) in [5, 5.41) is 12.2. The Morgan fingerprint density at radius 3 is 2.63 bits per heavy atom. The highest BCUT2D eigenvalue weighted by Crippen LogP contribution is 2.37. The molecular formula is C13H24N2O4. The number of amides is 1. The molecule has 1 aliphatic rings. The van der Waals surface area contributed by atoms with Crippen LogP contribution in [0.15, 0.2) is 0 Å². The van der Waals surface area contributed by atoms with Crippen LogP contribution in [-0.2, 0) is 14.3 Å². The van der Waals surface area contributed by atoms with Gasteiger partial charge in [-0.3, -0.25) is 14.5 Å². The number of carbonyl (C=O) groups is 2. The van der Waals surface area contributed by atoms with Crippen molar-refractivity contribution in [3.63, 3.8) is 0 Å². The van der Waals surface area contributed by atoms with Gasteiger partial charge in [0.25, 0.3) is 0 Å². The van der Waals surface area contributed by atoms with Crippen LogP contribution < -0.4 is 5.32 Å². The molecule has 1 unspecified atom stereocenters. The lowest BCUT2D eigenvalue weighted by atomic mass is 9.76. The molecule has 0 bridgehead atoms. The molecule has 1 heterocycles. The van der Waals surface area contributed by atoms with Crippen molar-refractivity contribution >= 4 is 11.9 Å². The smallest absolute Gasteiger partial charge is 0.311 e. The number of ether oxygens (including phenoxy) is 1. The second-order valence-electron chi connectivity index (χ2n) is 5.42. The van der Waals surface area contributed by atoms with E-state index in [0.717, 1.165) is 0 Å². The maximum absolute atomic E-state index is 11.7. The normalized spacial score (nSPS) is 23.8. The predicted octanol–water partition coefficient (Wildman–Crippen LogP) is 0.182. The summed E-state index contributed by atoms with van der Waals surface area (Å²) in [4.78, 5) is 25.0. The first-order valence-electron chi connectivity index (χ1n) is 6.64. The molecule has 19 heavy (non-hydrogen) atoms. The monoisotopic (exact) mass is 272 g/mol. The molecule has 6 heteroatoms. The van der Waals surface area contributed by atoms with Crippen LogP contribution in [0.25, 0.3) is 0 Å². The average molecular weight is 272 g/mol. The maximum atomic E-state index is 11.7. The van der Waals surface area contributed by atoms with Gasteiger partial charge in [0.05, 0.1) is 18.6 Å². The van der Waals surface area contributed by atoms with Gasteiger partial charge >= 0.3 is 5.97 Å². The van der Waals surface area contributed by atoms with E-state index in [1.807, 2.05) is 18.7 Å². The number of nitrogens with zero attached hydrogens (tertiary/aromatic N) is 1. The van der Waals surface area contributed by atoms with E-state index in [2.05, 4.69) is 5.32 Å². The molecular weight excluding hydrogens is 248 g/mol. The lowest BCUT2D eigenvalue weighted by Crippen LogP contribution is -2.42. The predicted molar refractivity (Wildman–Crippen MR) is 70.8 cm³/mol. The van der Waals surface area contributed by atoms with E-state index in [4.69, 9.17) is 4.74 Å². The molecule has 6 nitrogen and oxygen atoms in total. The number of carbonyl (C=O) groups excluding carboxylic acids is 1. The summed E-state index contributed by atoms with van der Waals surface area (Å²) in [6, 6.07) is 0. The highest BCUT2D eigenvalue weighted by Gasteiger charge is 2.47. The Labute approximate surface area is 114 Å². The first-order valence-corrected chi connectivity index (χ1v) is 6.64. The van der Waals surface area contributed by atoms with E-state index in [1.165, 1.54) is 0 Å². The molecule has 1 saturated heterocycles. The summed E-state index contributed by atoms with van der Waals surface area (Å²) >= 11 is 0. The van der Waals surface area contributed by atoms with Crippen molar-refractivity contribution in [1.82, 2.24) is 10.2 Å². The Bertz CT molecular complexity index is 333. The summed E-state index contributed by atoms with van der Waals surface area (Å²) < 4.78 is 4.85. The van der Waals surface area contributed by atoms with E-state index < -0.39 is 11.4 Å². The van der Waals surface area contributed by atoms with E-state index >= 15 is 0 Å². The maximum Gasteiger partial charge on any atom is 0.311 e. The molecule has 0 aromatic rings. The average Bonchev–Trinajstić information content (AvgIpc) is 2.74. The fourth-order valence-electron chi connectivity index (χ4n) is 2.49. The standard InChI is InChI=1S/C13H24N2O4/c1-10(2)13(12(17)18)4-6-15(9-13)8-11(16)14-5-7-19-3/h10H,4-9H2,1-3H3,(H,14,16)(H,17,18). The minimum absolute atomic E-state index is 0.0616. The summed E-state index contributed by atoms with van der Waals surface area (Å²) in [5.74, 6) is -0.779. The van der Waals surface area contributed by atoms with Crippen LogP contribution in [0.4, 0.5) is 0 Å². The molecule has 1 fully saturated rings. The molecule has 0 aliphatic carbocycles. The van der Waals surface area contributed by atoms with Crippen molar-refractivity contribution in [1.29, 1.82) is 0 Å². The molecule has 2 N–H and O–H groups in total. The highest BCUT2D eigenvalue weighted by molar-refractivity contribution is 5.79. The van der Waals surface area contributed by atoms with Gasteiger partial charge in [0.1, 0.15) is 0 Å². The van der Waals surface area contributed by atoms with E-state index in [-0.39, 0.29) is 18.4 Å². The molecule has 1 amide bonds. The summed E-state index contributed by atoms with van der Waals surface area (Å²) in [6.07, 6.45) is 0.603. The molecule has 1 atom stereocenters. The first kappa shape index (κ1) is 15.9. The Hall–Kier alpha value is -1.14. The third kappa shape index (κ3) is 3.91. The molecule has 1 aliphatic heterocycles. The van der Waals surface area contributed by atoms with Gasteiger partial charge in [0.2, 0.25) is 5.91 Å². The first-order chi connectivity index (χ1) is 8.92. The summed E-state index contributed by atoms with van der Waals surface area (Å²) in [5.41, 5.74) is -0.715. The minimum Gasteiger partial charge on any atom is -0.481 e. The number of carboxylic acids is 1. The zero-order valence-electron chi connectivity index (χ0n) is 11.9. The van der Waals surface area contributed by atoms with Crippen molar-refractivity contribution in [2.45, 2.75) is 20.3 Å². The number of aliphatic carboxylic acids is 1. The van der Waals surface area contributed by atoms with Gasteiger partial charge < -0.3 is 15.2 Å². The molecule has 0 aromatic heterocycles. The van der Waals surface area contributed by atoms with E-state index in [0.29, 0.717) is 32.7 Å². The van der Waals surface area contributed by atoms with Crippen LogP contribution in [0.2, 0.25) is 0 Å². The zero-order valence-corrected chi connectivity index (χ0v) is 11.9. The Balaban J connectivity index is 2.47. The number of hydrogen-bond donors (Lipinski definition) is 2. The molecule has 0 saturated carbocycles. The van der Waals surface area contributed by atoms with Crippen LogP contribution in [0.5, 0.6) is 0 Å².